The summed E-state index contributed by atoms with van der Waals surface area (Å²) in [4.78, 5) is 2.43. The third kappa shape index (κ3) is 0.810. The maximum absolute atomic E-state index is 8.62. The average molecular weight is 150 g/mol. The molecular formula is C9H14N2. The summed E-state index contributed by atoms with van der Waals surface area (Å²) in [6.45, 7) is 2.26. The van der Waals surface area contributed by atoms with Crippen molar-refractivity contribution in [3.05, 3.63) is 0 Å². The largest absolute Gasteiger partial charge is 0.300 e. The van der Waals surface area contributed by atoms with Gasteiger partial charge in [-0.1, -0.05) is 0 Å². The maximum Gasteiger partial charge on any atom is 0.0628 e. The zero-order chi connectivity index (χ0) is 8.06. The Morgan fingerprint density at radius 2 is 2.36 bits per heavy atom. The van der Waals surface area contributed by atoms with E-state index in [4.69, 9.17) is 5.26 Å². The van der Waals surface area contributed by atoms with Gasteiger partial charge in [0, 0.05) is 23.9 Å². The minimum Gasteiger partial charge on any atom is -0.300 e. The van der Waals surface area contributed by atoms with Crippen molar-refractivity contribution in [2.45, 2.75) is 38.3 Å². The minimum absolute atomic E-state index is 0.420. The highest BCUT2D eigenvalue weighted by atomic mass is 15.2. The lowest BCUT2D eigenvalue weighted by Gasteiger charge is -2.17. The van der Waals surface area contributed by atoms with Crippen molar-refractivity contribution in [1.82, 2.24) is 4.90 Å². The minimum atomic E-state index is 0.420. The molecule has 2 aliphatic rings. The molecule has 0 aromatic rings. The van der Waals surface area contributed by atoms with Crippen molar-refractivity contribution < 1.29 is 0 Å². The Kier molecular flexibility index (Phi) is 1.28. The molecule has 0 N–H and O–H groups in total. The molecule has 2 nitrogen and oxygen atoms in total. The lowest BCUT2D eigenvalue weighted by molar-refractivity contribution is 0.286. The van der Waals surface area contributed by atoms with Crippen LogP contribution < -0.4 is 0 Å². The molecule has 0 amide bonds. The first-order chi connectivity index (χ1) is 5.19. The fourth-order valence-electron chi connectivity index (χ4n) is 2.58. The fraction of sp³-hybridized carbons (Fsp3) is 0.889. The predicted octanol–water partition coefficient (Wildman–Crippen LogP) is 1.38. The highest BCUT2D eigenvalue weighted by molar-refractivity contribution is 5.17. The third-order valence-corrected chi connectivity index (χ3v) is 3.47. The van der Waals surface area contributed by atoms with E-state index in [0.717, 1.165) is 12.5 Å². The van der Waals surface area contributed by atoms with Crippen LogP contribution >= 0.6 is 0 Å². The summed E-state index contributed by atoms with van der Waals surface area (Å²) in [6, 6.07) is 3.74. The van der Waals surface area contributed by atoms with E-state index in [-0.39, 0.29) is 0 Å². The number of piperidine rings is 1. The molecule has 2 heteroatoms. The van der Waals surface area contributed by atoms with Crippen molar-refractivity contribution in [3.8, 4) is 6.07 Å². The van der Waals surface area contributed by atoms with Gasteiger partial charge < -0.3 is 4.90 Å². The Balaban J connectivity index is 2.09. The molecule has 1 saturated heterocycles. The van der Waals surface area contributed by atoms with Gasteiger partial charge in [-0.25, -0.2) is 0 Å². The van der Waals surface area contributed by atoms with E-state index in [0.29, 0.717) is 11.5 Å². The van der Waals surface area contributed by atoms with Crippen molar-refractivity contribution in [3.63, 3.8) is 0 Å². The highest BCUT2D eigenvalue weighted by Gasteiger charge is 2.61. The molecule has 0 bridgehead atoms. The van der Waals surface area contributed by atoms with Crippen molar-refractivity contribution in [2.75, 3.05) is 7.05 Å². The summed E-state index contributed by atoms with van der Waals surface area (Å²) in [5, 5.41) is 8.62. The topological polar surface area (TPSA) is 27.0 Å². The van der Waals surface area contributed by atoms with Crippen molar-refractivity contribution in [2.24, 2.45) is 5.41 Å². The Labute approximate surface area is 67.8 Å². The molecule has 0 spiro atoms. The molecule has 1 aliphatic carbocycles. The van der Waals surface area contributed by atoms with Gasteiger partial charge in [0.25, 0.3) is 0 Å². The first kappa shape index (κ1) is 7.12. The number of rotatable bonds is 1. The molecule has 2 fully saturated rings. The average Bonchev–Trinajstić information content (AvgIpc) is 2.57. The SMILES string of the molecule is C[C@@H]1C[C@@]2(CC#N)CC2N1C. The van der Waals surface area contributed by atoms with E-state index in [1.807, 2.05) is 0 Å². The van der Waals surface area contributed by atoms with Gasteiger partial charge >= 0.3 is 0 Å². The van der Waals surface area contributed by atoms with Crippen LogP contribution in [0.15, 0.2) is 0 Å². The molecule has 0 radical (unpaired) electrons. The van der Waals surface area contributed by atoms with Gasteiger partial charge in [-0.2, -0.15) is 5.26 Å². The molecule has 1 aliphatic heterocycles. The number of hydrogen-bond acceptors (Lipinski definition) is 2. The molecule has 11 heavy (non-hydrogen) atoms. The smallest absolute Gasteiger partial charge is 0.0628 e. The van der Waals surface area contributed by atoms with Crippen molar-refractivity contribution >= 4 is 0 Å². The van der Waals surface area contributed by atoms with Crippen LogP contribution in [0.3, 0.4) is 0 Å². The Hall–Kier alpha value is -0.550. The summed E-state index contributed by atoms with van der Waals surface area (Å²) in [7, 11) is 2.18. The second-order valence-corrected chi connectivity index (χ2v) is 4.14. The van der Waals surface area contributed by atoms with E-state index < -0.39 is 0 Å². The predicted molar refractivity (Wildman–Crippen MR) is 42.9 cm³/mol. The second-order valence-electron chi connectivity index (χ2n) is 4.14. The Bertz CT molecular complexity index is 218. The third-order valence-electron chi connectivity index (χ3n) is 3.47. The summed E-state index contributed by atoms with van der Waals surface area (Å²) in [5.41, 5.74) is 0.420. The van der Waals surface area contributed by atoms with Gasteiger partial charge in [-0.05, 0) is 26.8 Å². The molecule has 1 unspecified atom stereocenters. The first-order valence-electron chi connectivity index (χ1n) is 4.28. The molecular weight excluding hydrogens is 136 g/mol. The normalized spacial score (nSPS) is 48.5. The quantitative estimate of drug-likeness (QED) is 0.564. The standard InChI is InChI=1S/C9H14N2/c1-7-5-9(3-4-10)6-8(9)11(7)2/h7-8H,3,5-6H2,1-2H3/t7-,8?,9+/m1/s1. The highest BCUT2D eigenvalue weighted by Crippen LogP contribution is 2.60. The molecule has 1 heterocycles. The summed E-state index contributed by atoms with van der Waals surface area (Å²) in [6.07, 6.45) is 3.27. The number of nitriles is 1. The summed E-state index contributed by atoms with van der Waals surface area (Å²) < 4.78 is 0. The number of fused-ring (bicyclic) bond motifs is 1. The summed E-state index contributed by atoms with van der Waals surface area (Å²) in [5.74, 6) is 0. The maximum atomic E-state index is 8.62. The van der Waals surface area contributed by atoms with E-state index in [9.17, 15) is 0 Å². The van der Waals surface area contributed by atoms with Gasteiger partial charge in [-0.3, -0.25) is 0 Å². The van der Waals surface area contributed by atoms with E-state index >= 15 is 0 Å². The van der Waals surface area contributed by atoms with E-state index in [1.54, 1.807) is 0 Å². The monoisotopic (exact) mass is 150 g/mol. The number of likely N-dealkylation sites (tertiary alicyclic amines) is 1. The van der Waals surface area contributed by atoms with E-state index in [1.165, 1.54) is 12.8 Å². The molecule has 0 aromatic heterocycles. The number of hydrogen-bond donors (Lipinski definition) is 0. The molecule has 3 atom stereocenters. The van der Waals surface area contributed by atoms with Crippen LogP contribution in [-0.4, -0.2) is 24.0 Å². The van der Waals surface area contributed by atoms with Crippen LogP contribution in [0.1, 0.15) is 26.2 Å². The van der Waals surface area contributed by atoms with Crippen LogP contribution in [0.2, 0.25) is 0 Å². The first-order valence-corrected chi connectivity index (χ1v) is 4.28. The van der Waals surface area contributed by atoms with E-state index in [2.05, 4.69) is 24.9 Å². The Morgan fingerprint density at radius 1 is 1.64 bits per heavy atom. The van der Waals surface area contributed by atoms with Crippen LogP contribution in [-0.2, 0) is 0 Å². The van der Waals surface area contributed by atoms with Gasteiger partial charge in [0.15, 0.2) is 0 Å². The zero-order valence-corrected chi connectivity index (χ0v) is 7.17. The lowest BCUT2D eigenvalue weighted by Crippen LogP contribution is -2.25. The molecule has 60 valence electrons. The Morgan fingerprint density at radius 3 is 2.82 bits per heavy atom. The van der Waals surface area contributed by atoms with Gasteiger partial charge in [0.05, 0.1) is 6.07 Å². The second kappa shape index (κ2) is 1.98. The van der Waals surface area contributed by atoms with Gasteiger partial charge in [0.2, 0.25) is 0 Å². The van der Waals surface area contributed by atoms with Crippen LogP contribution in [0, 0.1) is 16.7 Å². The lowest BCUT2D eigenvalue weighted by atomic mass is 9.97. The van der Waals surface area contributed by atoms with Crippen molar-refractivity contribution in [1.29, 1.82) is 5.26 Å². The van der Waals surface area contributed by atoms with Crippen LogP contribution in [0.25, 0.3) is 0 Å². The van der Waals surface area contributed by atoms with Crippen LogP contribution in [0.4, 0.5) is 0 Å². The van der Waals surface area contributed by atoms with Gasteiger partial charge in [-0.15, -0.1) is 0 Å². The molecule has 1 saturated carbocycles. The molecule has 2 rings (SSSR count). The fourth-order valence-corrected chi connectivity index (χ4v) is 2.58. The van der Waals surface area contributed by atoms with Gasteiger partial charge in [0.1, 0.15) is 0 Å². The molecule has 0 aromatic carbocycles. The van der Waals surface area contributed by atoms with Crippen LogP contribution in [0.5, 0.6) is 0 Å². The zero-order valence-electron chi connectivity index (χ0n) is 7.17. The number of nitrogens with zero attached hydrogens (tertiary/aromatic N) is 2. The summed E-state index contributed by atoms with van der Waals surface area (Å²) >= 11 is 0.